The molecular weight excluding hydrogens is 327 g/mol. The molecule has 0 aliphatic carbocycles. The standard InChI is InChI=1S/C20H16F3NO/c1-13(15-11-6-8-14-7-2-3-9-16(14)15)24-19(25)17-10-4-5-12-18(17)20(21,22)23/h2-13H,1H3,(H,24,25)/t13-/m1/s1. The first-order valence-corrected chi connectivity index (χ1v) is 7.82. The van der Waals surface area contributed by atoms with Crippen LogP contribution < -0.4 is 5.32 Å². The van der Waals surface area contributed by atoms with Gasteiger partial charge in [-0.05, 0) is 35.4 Å². The lowest BCUT2D eigenvalue weighted by molar-refractivity contribution is -0.137. The zero-order chi connectivity index (χ0) is 18.0. The number of hydrogen-bond donors (Lipinski definition) is 1. The zero-order valence-electron chi connectivity index (χ0n) is 13.5. The van der Waals surface area contributed by atoms with E-state index in [-0.39, 0.29) is 5.56 Å². The molecule has 0 radical (unpaired) electrons. The molecule has 0 bridgehead atoms. The maximum absolute atomic E-state index is 13.1. The highest BCUT2D eigenvalue weighted by molar-refractivity contribution is 5.96. The number of carbonyl (C=O) groups is 1. The van der Waals surface area contributed by atoms with Crippen LogP contribution in [0.1, 0.15) is 34.5 Å². The molecule has 3 rings (SSSR count). The second-order valence-electron chi connectivity index (χ2n) is 5.81. The quantitative estimate of drug-likeness (QED) is 0.682. The lowest BCUT2D eigenvalue weighted by atomic mass is 9.99. The van der Waals surface area contributed by atoms with Crippen LogP contribution in [0.3, 0.4) is 0 Å². The molecule has 0 aliphatic heterocycles. The average Bonchev–Trinajstić information content (AvgIpc) is 2.60. The SMILES string of the molecule is C[C@@H](NC(=O)c1ccccc1C(F)(F)F)c1cccc2ccccc12. The van der Waals surface area contributed by atoms with E-state index in [0.717, 1.165) is 22.4 Å². The molecule has 0 spiro atoms. The van der Waals surface area contributed by atoms with E-state index in [9.17, 15) is 18.0 Å². The summed E-state index contributed by atoms with van der Waals surface area (Å²) in [6.07, 6.45) is -4.57. The monoisotopic (exact) mass is 343 g/mol. The Morgan fingerprint density at radius 1 is 0.920 bits per heavy atom. The highest BCUT2D eigenvalue weighted by atomic mass is 19.4. The van der Waals surface area contributed by atoms with Gasteiger partial charge >= 0.3 is 6.18 Å². The Hall–Kier alpha value is -2.82. The molecule has 0 aliphatic rings. The molecule has 25 heavy (non-hydrogen) atoms. The fourth-order valence-corrected chi connectivity index (χ4v) is 2.91. The van der Waals surface area contributed by atoms with Gasteiger partial charge in [0.15, 0.2) is 0 Å². The number of amides is 1. The van der Waals surface area contributed by atoms with E-state index in [4.69, 9.17) is 0 Å². The van der Waals surface area contributed by atoms with E-state index in [1.54, 1.807) is 6.92 Å². The minimum atomic E-state index is -4.57. The van der Waals surface area contributed by atoms with Gasteiger partial charge in [-0.1, -0.05) is 54.6 Å². The van der Waals surface area contributed by atoms with E-state index >= 15 is 0 Å². The third-order valence-corrected chi connectivity index (χ3v) is 4.11. The van der Waals surface area contributed by atoms with Crippen molar-refractivity contribution in [3.63, 3.8) is 0 Å². The number of carbonyl (C=O) groups excluding carboxylic acids is 1. The van der Waals surface area contributed by atoms with Gasteiger partial charge in [0.2, 0.25) is 0 Å². The predicted molar refractivity (Wildman–Crippen MR) is 91.3 cm³/mol. The number of hydrogen-bond acceptors (Lipinski definition) is 1. The molecule has 0 saturated carbocycles. The molecule has 5 heteroatoms. The first kappa shape index (κ1) is 17.0. The van der Waals surface area contributed by atoms with Crippen LogP contribution in [-0.4, -0.2) is 5.91 Å². The number of benzene rings is 3. The van der Waals surface area contributed by atoms with Crippen LogP contribution in [0.2, 0.25) is 0 Å². The summed E-state index contributed by atoms with van der Waals surface area (Å²) in [6.45, 7) is 1.76. The minimum absolute atomic E-state index is 0.373. The third-order valence-electron chi connectivity index (χ3n) is 4.11. The number of rotatable bonds is 3. The predicted octanol–water partition coefficient (Wildman–Crippen LogP) is 5.35. The second-order valence-corrected chi connectivity index (χ2v) is 5.81. The van der Waals surface area contributed by atoms with E-state index in [2.05, 4.69) is 5.32 Å². The molecule has 0 heterocycles. The van der Waals surface area contributed by atoms with Gasteiger partial charge in [-0.25, -0.2) is 0 Å². The lowest BCUT2D eigenvalue weighted by Gasteiger charge is -2.18. The summed E-state index contributed by atoms with van der Waals surface area (Å²) in [5.41, 5.74) is -0.448. The van der Waals surface area contributed by atoms with Crippen molar-refractivity contribution in [1.82, 2.24) is 5.32 Å². The zero-order valence-corrected chi connectivity index (χ0v) is 13.5. The largest absolute Gasteiger partial charge is 0.417 e. The van der Waals surface area contributed by atoms with Crippen molar-refractivity contribution in [2.24, 2.45) is 0 Å². The Morgan fingerprint density at radius 3 is 2.32 bits per heavy atom. The van der Waals surface area contributed by atoms with Crippen LogP contribution >= 0.6 is 0 Å². The highest BCUT2D eigenvalue weighted by Gasteiger charge is 2.35. The van der Waals surface area contributed by atoms with Gasteiger partial charge in [0.1, 0.15) is 0 Å². The second kappa shape index (κ2) is 6.59. The molecule has 2 nitrogen and oxygen atoms in total. The van der Waals surface area contributed by atoms with Gasteiger partial charge in [-0.3, -0.25) is 4.79 Å². The molecule has 3 aromatic rings. The Bertz CT molecular complexity index is 913. The van der Waals surface area contributed by atoms with E-state index in [1.807, 2.05) is 42.5 Å². The van der Waals surface area contributed by atoms with Crippen LogP contribution in [0, 0.1) is 0 Å². The number of halogens is 3. The van der Waals surface area contributed by atoms with E-state index in [0.29, 0.717) is 0 Å². The van der Waals surface area contributed by atoms with Crippen LogP contribution in [0.5, 0.6) is 0 Å². The summed E-state index contributed by atoms with van der Waals surface area (Å²) in [6, 6.07) is 17.7. The average molecular weight is 343 g/mol. The van der Waals surface area contributed by atoms with Gasteiger partial charge in [-0.15, -0.1) is 0 Å². The van der Waals surface area contributed by atoms with Crippen molar-refractivity contribution in [1.29, 1.82) is 0 Å². The topological polar surface area (TPSA) is 29.1 Å². The van der Waals surface area contributed by atoms with Gasteiger partial charge in [-0.2, -0.15) is 13.2 Å². The number of alkyl halides is 3. The Balaban J connectivity index is 1.91. The van der Waals surface area contributed by atoms with Crippen LogP contribution in [0.15, 0.2) is 66.7 Å². The molecule has 3 aromatic carbocycles. The van der Waals surface area contributed by atoms with Crippen molar-refractivity contribution >= 4 is 16.7 Å². The summed E-state index contributed by atoms with van der Waals surface area (Å²) >= 11 is 0. The molecule has 1 atom stereocenters. The maximum atomic E-state index is 13.1. The van der Waals surface area contributed by atoms with Gasteiger partial charge in [0, 0.05) is 0 Å². The summed E-state index contributed by atoms with van der Waals surface area (Å²) in [7, 11) is 0. The van der Waals surface area contributed by atoms with Crippen molar-refractivity contribution in [3.05, 3.63) is 83.4 Å². The normalized spacial score (nSPS) is 12.8. The molecule has 0 saturated heterocycles. The Labute approximate surface area is 143 Å². The van der Waals surface area contributed by atoms with Crippen LogP contribution in [0.4, 0.5) is 13.2 Å². The molecule has 128 valence electrons. The highest BCUT2D eigenvalue weighted by Crippen LogP contribution is 2.32. The maximum Gasteiger partial charge on any atom is 0.417 e. The molecule has 1 amide bonds. The molecular formula is C20H16F3NO. The molecule has 0 fully saturated rings. The first-order valence-electron chi connectivity index (χ1n) is 7.82. The number of nitrogens with one attached hydrogen (secondary N) is 1. The van der Waals surface area contributed by atoms with E-state index in [1.165, 1.54) is 18.2 Å². The molecule has 1 N–H and O–H groups in total. The van der Waals surface area contributed by atoms with Crippen LogP contribution in [0.25, 0.3) is 10.8 Å². The van der Waals surface area contributed by atoms with Crippen molar-refractivity contribution < 1.29 is 18.0 Å². The summed E-state index contributed by atoms with van der Waals surface area (Å²) in [5, 5.41) is 4.65. The van der Waals surface area contributed by atoms with E-state index < -0.39 is 23.7 Å². The molecule has 0 unspecified atom stereocenters. The number of fused-ring (bicyclic) bond motifs is 1. The first-order chi connectivity index (χ1) is 11.9. The van der Waals surface area contributed by atoms with Crippen molar-refractivity contribution in [3.8, 4) is 0 Å². The van der Waals surface area contributed by atoms with Crippen LogP contribution in [-0.2, 0) is 6.18 Å². The fraction of sp³-hybridized carbons (Fsp3) is 0.150. The van der Waals surface area contributed by atoms with Gasteiger partial charge in [0.05, 0.1) is 17.2 Å². The summed E-state index contributed by atoms with van der Waals surface area (Å²) < 4.78 is 39.3. The van der Waals surface area contributed by atoms with Gasteiger partial charge < -0.3 is 5.32 Å². The lowest BCUT2D eigenvalue weighted by Crippen LogP contribution is -2.29. The minimum Gasteiger partial charge on any atom is -0.345 e. The van der Waals surface area contributed by atoms with Crippen molar-refractivity contribution in [2.75, 3.05) is 0 Å². The van der Waals surface area contributed by atoms with Crippen molar-refractivity contribution in [2.45, 2.75) is 19.1 Å². The smallest absolute Gasteiger partial charge is 0.345 e. The Morgan fingerprint density at radius 2 is 1.56 bits per heavy atom. The van der Waals surface area contributed by atoms with Gasteiger partial charge in [0.25, 0.3) is 5.91 Å². The third kappa shape index (κ3) is 3.50. The summed E-state index contributed by atoms with van der Waals surface area (Å²) in [5.74, 6) is -0.742. The Kier molecular flexibility index (Phi) is 4.49. The summed E-state index contributed by atoms with van der Waals surface area (Å²) in [4.78, 5) is 12.4. The molecule has 0 aromatic heterocycles. The fourth-order valence-electron chi connectivity index (χ4n) is 2.91.